The van der Waals surface area contributed by atoms with E-state index >= 15 is 0 Å². The van der Waals surface area contributed by atoms with Crippen LogP contribution in [0.15, 0.2) is 35.2 Å². The predicted molar refractivity (Wildman–Crippen MR) is 111 cm³/mol. The summed E-state index contributed by atoms with van der Waals surface area (Å²) in [5.74, 6) is -0.721. The molecule has 150 valence electrons. The second-order valence-corrected chi connectivity index (χ2v) is 7.85. The van der Waals surface area contributed by atoms with Gasteiger partial charge >= 0.3 is 11.9 Å². The van der Waals surface area contributed by atoms with Crippen molar-refractivity contribution >= 4 is 45.9 Å². The van der Waals surface area contributed by atoms with Crippen molar-refractivity contribution in [1.29, 1.82) is 0 Å². The summed E-state index contributed by atoms with van der Waals surface area (Å²) in [6.45, 7) is 5.48. The van der Waals surface area contributed by atoms with E-state index in [0.717, 1.165) is 16.2 Å². The predicted octanol–water partition coefficient (Wildman–Crippen LogP) is 4.53. The van der Waals surface area contributed by atoms with Crippen molar-refractivity contribution in [1.82, 2.24) is 0 Å². The quantitative estimate of drug-likeness (QED) is 0.473. The maximum Gasteiger partial charge on any atom is 0.348 e. The van der Waals surface area contributed by atoms with Crippen LogP contribution >= 0.6 is 23.1 Å². The molecular weight excluding hydrogens is 398 g/mol. The second kappa shape index (κ2) is 10.9. The maximum atomic E-state index is 12.4. The molecule has 0 spiro atoms. The molecule has 0 aliphatic carbocycles. The number of hydrogen-bond donors (Lipinski definition) is 1. The molecular formula is C20H23NO5S2. The number of anilines is 1. The number of thiophene rings is 1. The van der Waals surface area contributed by atoms with Crippen LogP contribution in [0.5, 0.6) is 0 Å². The zero-order chi connectivity index (χ0) is 20.5. The van der Waals surface area contributed by atoms with Gasteiger partial charge in [-0.2, -0.15) is 0 Å². The number of ether oxygens (including phenoxy) is 2. The SMILES string of the molecule is CCOC(=O)c1sc(NC(=O)CCSc2ccccc2)c(C(=O)OCC)c1C. The zero-order valence-corrected chi connectivity index (χ0v) is 17.7. The molecule has 1 aromatic heterocycles. The lowest BCUT2D eigenvalue weighted by atomic mass is 10.1. The summed E-state index contributed by atoms with van der Waals surface area (Å²) < 4.78 is 10.1. The molecule has 1 amide bonds. The van der Waals surface area contributed by atoms with E-state index in [-0.39, 0.29) is 31.1 Å². The van der Waals surface area contributed by atoms with Gasteiger partial charge in [-0.05, 0) is 38.5 Å². The summed E-state index contributed by atoms with van der Waals surface area (Å²) in [4.78, 5) is 38.2. The van der Waals surface area contributed by atoms with E-state index in [4.69, 9.17) is 9.47 Å². The van der Waals surface area contributed by atoms with Gasteiger partial charge in [0.2, 0.25) is 5.91 Å². The molecule has 0 aliphatic heterocycles. The molecule has 0 saturated heterocycles. The minimum atomic E-state index is -0.569. The monoisotopic (exact) mass is 421 g/mol. The van der Waals surface area contributed by atoms with E-state index in [2.05, 4.69) is 5.32 Å². The minimum Gasteiger partial charge on any atom is -0.462 e. The Bertz CT molecular complexity index is 833. The lowest BCUT2D eigenvalue weighted by Crippen LogP contribution is -2.15. The third-order valence-corrected chi connectivity index (χ3v) is 5.88. The molecule has 0 saturated carbocycles. The number of thioether (sulfide) groups is 1. The van der Waals surface area contributed by atoms with Crippen molar-refractivity contribution in [3.8, 4) is 0 Å². The topological polar surface area (TPSA) is 81.7 Å². The molecule has 2 rings (SSSR count). The summed E-state index contributed by atoms with van der Waals surface area (Å²) in [6.07, 6.45) is 0.271. The second-order valence-electron chi connectivity index (χ2n) is 5.66. The third kappa shape index (κ3) is 5.84. The Balaban J connectivity index is 2.11. The molecule has 0 atom stereocenters. The fourth-order valence-electron chi connectivity index (χ4n) is 2.41. The number of benzene rings is 1. The molecule has 0 aliphatic rings. The molecule has 1 N–H and O–H groups in total. The zero-order valence-electron chi connectivity index (χ0n) is 16.1. The van der Waals surface area contributed by atoms with Crippen LogP contribution in [-0.4, -0.2) is 36.8 Å². The molecule has 6 nitrogen and oxygen atoms in total. The van der Waals surface area contributed by atoms with Gasteiger partial charge in [-0.15, -0.1) is 23.1 Å². The Morgan fingerprint density at radius 2 is 1.68 bits per heavy atom. The van der Waals surface area contributed by atoms with Gasteiger partial charge in [0, 0.05) is 17.1 Å². The highest BCUT2D eigenvalue weighted by atomic mass is 32.2. The fourth-order valence-corrected chi connectivity index (χ4v) is 4.39. The molecule has 8 heteroatoms. The van der Waals surface area contributed by atoms with E-state index in [9.17, 15) is 14.4 Å². The number of nitrogens with one attached hydrogen (secondary N) is 1. The van der Waals surface area contributed by atoms with E-state index in [0.29, 0.717) is 21.2 Å². The van der Waals surface area contributed by atoms with E-state index in [1.165, 1.54) is 0 Å². The maximum absolute atomic E-state index is 12.4. The van der Waals surface area contributed by atoms with Crippen LogP contribution in [0.3, 0.4) is 0 Å². The molecule has 2 aromatic rings. The van der Waals surface area contributed by atoms with E-state index in [1.54, 1.807) is 32.5 Å². The van der Waals surface area contributed by atoms with Crippen molar-refractivity contribution in [3.05, 3.63) is 46.3 Å². The molecule has 0 bridgehead atoms. The summed E-state index contributed by atoms with van der Waals surface area (Å²) >= 11 is 2.61. The van der Waals surface area contributed by atoms with Gasteiger partial charge in [0.25, 0.3) is 0 Å². The minimum absolute atomic E-state index is 0.198. The van der Waals surface area contributed by atoms with E-state index in [1.807, 2.05) is 30.3 Å². The van der Waals surface area contributed by atoms with Crippen molar-refractivity contribution in [2.24, 2.45) is 0 Å². The van der Waals surface area contributed by atoms with Gasteiger partial charge in [-0.3, -0.25) is 4.79 Å². The Kier molecular flexibility index (Phi) is 8.53. The number of hydrogen-bond acceptors (Lipinski definition) is 7. The van der Waals surface area contributed by atoms with Crippen LogP contribution < -0.4 is 5.32 Å². The van der Waals surface area contributed by atoms with Crippen molar-refractivity contribution in [2.75, 3.05) is 24.3 Å². The lowest BCUT2D eigenvalue weighted by molar-refractivity contribution is -0.115. The van der Waals surface area contributed by atoms with Crippen LogP contribution in [0.1, 0.15) is 45.9 Å². The van der Waals surface area contributed by atoms with Crippen molar-refractivity contribution < 1.29 is 23.9 Å². The van der Waals surface area contributed by atoms with Crippen LogP contribution in [-0.2, 0) is 14.3 Å². The van der Waals surface area contributed by atoms with Crippen LogP contribution in [0.4, 0.5) is 5.00 Å². The first-order valence-electron chi connectivity index (χ1n) is 8.93. The van der Waals surface area contributed by atoms with Gasteiger partial charge in [0.05, 0.1) is 18.8 Å². The van der Waals surface area contributed by atoms with Gasteiger partial charge in [0.1, 0.15) is 9.88 Å². The van der Waals surface area contributed by atoms with Gasteiger partial charge in [0.15, 0.2) is 0 Å². The highest BCUT2D eigenvalue weighted by molar-refractivity contribution is 7.99. The Labute approximate surface area is 172 Å². The Morgan fingerprint density at radius 3 is 2.32 bits per heavy atom. The summed E-state index contributed by atoms with van der Waals surface area (Å²) in [5, 5.41) is 3.07. The van der Waals surface area contributed by atoms with Crippen molar-refractivity contribution in [2.45, 2.75) is 32.1 Å². The number of rotatable bonds is 9. The largest absolute Gasteiger partial charge is 0.462 e. The first-order valence-corrected chi connectivity index (χ1v) is 10.7. The fraction of sp³-hybridized carbons (Fsp3) is 0.350. The van der Waals surface area contributed by atoms with Crippen LogP contribution in [0, 0.1) is 6.92 Å². The molecule has 1 heterocycles. The average molecular weight is 422 g/mol. The summed E-state index contributed by atoms with van der Waals surface area (Å²) in [7, 11) is 0. The Morgan fingerprint density at radius 1 is 1.04 bits per heavy atom. The third-order valence-electron chi connectivity index (χ3n) is 3.68. The highest BCUT2D eigenvalue weighted by Crippen LogP contribution is 2.34. The van der Waals surface area contributed by atoms with Gasteiger partial charge in [-0.25, -0.2) is 9.59 Å². The number of amides is 1. The number of carbonyl (C=O) groups is 3. The van der Waals surface area contributed by atoms with Gasteiger partial charge in [-0.1, -0.05) is 18.2 Å². The molecule has 28 heavy (non-hydrogen) atoms. The van der Waals surface area contributed by atoms with Crippen molar-refractivity contribution in [3.63, 3.8) is 0 Å². The number of esters is 2. The highest BCUT2D eigenvalue weighted by Gasteiger charge is 2.27. The Hall–Kier alpha value is -2.32. The molecule has 1 aromatic carbocycles. The van der Waals surface area contributed by atoms with Crippen LogP contribution in [0.2, 0.25) is 0 Å². The lowest BCUT2D eigenvalue weighted by Gasteiger charge is -2.07. The summed E-state index contributed by atoms with van der Waals surface area (Å²) in [6, 6.07) is 9.79. The smallest absolute Gasteiger partial charge is 0.348 e. The number of carbonyl (C=O) groups excluding carboxylic acids is 3. The molecule has 0 fully saturated rings. The van der Waals surface area contributed by atoms with Crippen LogP contribution in [0.25, 0.3) is 0 Å². The summed E-state index contributed by atoms with van der Waals surface area (Å²) in [5.41, 5.74) is 0.662. The molecule has 0 unspecified atom stereocenters. The first-order chi connectivity index (χ1) is 13.5. The first kappa shape index (κ1) is 22.0. The van der Waals surface area contributed by atoms with Gasteiger partial charge < -0.3 is 14.8 Å². The normalized spacial score (nSPS) is 10.4. The molecule has 0 radical (unpaired) electrons. The average Bonchev–Trinajstić information content (AvgIpc) is 2.99. The van der Waals surface area contributed by atoms with E-state index < -0.39 is 11.9 Å². The standard InChI is InChI=1S/C20H23NO5S2/c1-4-25-19(23)16-13(3)17(20(24)26-5-2)28-18(16)21-15(22)11-12-27-14-9-7-6-8-10-14/h6-10H,4-5,11-12H2,1-3H3,(H,21,22).